The first-order valence-electron chi connectivity index (χ1n) is 26.6. The smallest absolute Gasteiger partial charge is 0.253 e. The van der Waals surface area contributed by atoms with Crippen molar-refractivity contribution in [3.05, 3.63) is 131 Å². The van der Waals surface area contributed by atoms with E-state index < -0.39 is 18.1 Å². The van der Waals surface area contributed by atoms with Gasteiger partial charge in [-0.05, 0) is 161 Å². The Bertz CT molecular complexity index is 2500. The molecule has 14 nitrogen and oxygen atoms in total. The number of benzene rings is 4. The van der Waals surface area contributed by atoms with Crippen molar-refractivity contribution in [3.63, 3.8) is 0 Å². The van der Waals surface area contributed by atoms with Gasteiger partial charge in [0, 0.05) is 88.9 Å². The molecule has 4 saturated heterocycles. The van der Waals surface area contributed by atoms with E-state index in [9.17, 15) is 32.8 Å². The van der Waals surface area contributed by atoms with Gasteiger partial charge in [0.15, 0.2) is 0 Å². The number of ether oxygens (including phenoxy) is 2. The number of hydrogen-bond acceptors (Lipinski definition) is 9. The number of rotatable bonds is 20. The topological polar surface area (TPSA) is 167 Å². The molecule has 0 saturated carbocycles. The summed E-state index contributed by atoms with van der Waals surface area (Å²) >= 11 is 0. The molecule has 5 atom stereocenters. The molecule has 4 N–H and O–H groups in total. The zero-order chi connectivity index (χ0) is 52.1. The van der Waals surface area contributed by atoms with Crippen LogP contribution in [0.2, 0.25) is 0 Å². The van der Waals surface area contributed by atoms with Crippen LogP contribution in [0.1, 0.15) is 90.1 Å². The second-order valence-electron chi connectivity index (χ2n) is 20.5. The van der Waals surface area contributed by atoms with Crippen LogP contribution in [0, 0.1) is 23.5 Å². The standard InChI is InChI=1S/C58H73F2N7O7/c1-39(62-2)54(68)63-53(45-27-35-74-36-28-45)58(72)67-30-4-6-51(67)38-65(32-24-41-9-21-49(60)22-10-41)56(70)47-17-13-43(14-18-47)42-11-15-46(16-12-42)55(69)64(31-23-40-7-19-48(59)20-8-40)37-50-5-3-29-66(50)57(71)52(61)44-25-33-73-34-26-44/h7-22,39,44-45,50-53,62H,3-6,23-38,61H2,1-2H3,(H,63,68)/t39-,50-,51-,52-,53-/m0/s1. The van der Waals surface area contributed by atoms with E-state index in [1.807, 2.05) is 34.1 Å². The number of nitrogens with two attached hydrogens (primary N) is 1. The fourth-order valence-corrected chi connectivity index (χ4v) is 11.0. The molecule has 0 unspecified atom stereocenters. The maximum Gasteiger partial charge on any atom is 0.253 e. The van der Waals surface area contributed by atoms with Crippen molar-refractivity contribution in [2.24, 2.45) is 17.6 Å². The summed E-state index contributed by atoms with van der Waals surface area (Å²) < 4.78 is 38.8. The number of carbonyl (C=O) groups excluding carboxylic acids is 5. The van der Waals surface area contributed by atoms with E-state index in [1.165, 1.54) is 24.3 Å². The summed E-state index contributed by atoms with van der Waals surface area (Å²) in [5.41, 5.74) is 11.0. The van der Waals surface area contributed by atoms with Crippen molar-refractivity contribution in [1.82, 2.24) is 30.2 Å². The van der Waals surface area contributed by atoms with Crippen LogP contribution >= 0.6 is 0 Å². The average Bonchev–Trinajstić information content (AvgIpc) is 4.12. The number of likely N-dealkylation sites (tertiary alicyclic amines) is 2. The van der Waals surface area contributed by atoms with Gasteiger partial charge in [-0.15, -0.1) is 0 Å². The molecule has 4 aliphatic rings. The minimum atomic E-state index is -0.718. The van der Waals surface area contributed by atoms with E-state index in [2.05, 4.69) is 10.6 Å². The molecule has 16 heteroatoms. The monoisotopic (exact) mass is 1020 g/mol. The Kier molecular flexibility index (Phi) is 19.0. The van der Waals surface area contributed by atoms with Gasteiger partial charge in [-0.2, -0.15) is 0 Å². The van der Waals surface area contributed by atoms with E-state index in [-0.39, 0.29) is 71.6 Å². The molecule has 4 fully saturated rings. The molecule has 0 bridgehead atoms. The summed E-state index contributed by atoms with van der Waals surface area (Å²) in [5.74, 6) is -1.54. The molecule has 4 heterocycles. The molecule has 0 aliphatic carbocycles. The van der Waals surface area contributed by atoms with E-state index in [1.54, 1.807) is 72.3 Å². The van der Waals surface area contributed by atoms with E-state index in [0.29, 0.717) is 102 Å². The van der Waals surface area contributed by atoms with Gasteiger partial charge in [-0.25, -0.2) is 8.78 Å². The van der Waals surface area contributed by atoms with Crippen LogP contribution in [-0.2, 0) is 36.7 Å². The van der Waals surface area contributed by atoms with Crippen LogP contribution in [0.4, 0.5) is 8.78 Å². The van der Waals surface area contributed by atoms with Crippen LogP contribution in [0.5, 0.6) is 0 Å². The number of carbonyl (C=O) groups is 5. The lowest BCUT2D eigenvalue weighted by atomic mass is 9.90. The van der Waals surface area contributed by atoms with Crippen molar-refractivity contribution in [3.8, 4) is 11.1 Å². The summed E-state index contributed by atoms with van der Waals surface area (Å²) in [6.07, 6.45) is 6.81. The van der Waals surface area contributed by atoms with Crippen LogP contribution in [-0.4, -0.2) is 152 Å². The third-order valence-corrected chi connectivity index (χ3v) is 15.7. The fraction of sp³-hybridized carbons (Fsp3) is 0.500. The van der Waals surface area contributed by atoms with Gasteiger partial charge in [-0.1, -0.05) is 48.5 Å². The molecule has 396 valence electrons. The van der Waals surface area contributed by atoms with E-state index >= 15 is 0 Å². The molecule has 0 radical (unpaired) electrons. The van der Waals surface area contributed by atoms with Crippen LogP contribution in [0.3, 0.4) is 0 Å². The normalized spacial score (nSPS) is 19.7. The lowest BCUT2D eigenvalue weighted by Gasteiger charge is -2.37. The predicted molar refractivity (Wildman–Crippen MR) is 279 cm³/mol. The molecule has 4 aromatic carbocycles. The third-order valence-electron chi connectivity index (χ3n) is 15.7. The molecule has 0 aromatic heterocycles. The minimum absolute atomic E-state index is 0.0564. The Hall–Kier alpha value is -6.07. The van der Waals surface area contributed by atoms with Gasteiger partial charge in [0.05, 0.1) is 12.1 Å². The van der Waals surface area contributed by atoms with Crippen molar-refractivity contribution in [2.75, 3.05) is 72.7 Å². The lowest BCUT2D eigenvalue weighted by Crippen LogP contribution is -2.58. The highest BCUT2D eigenvalue weighted by molar-refractivity contribution is 5.96. The quantitative estimate of drug-likeness (QED) is 0.0927. The summed E-state index contributed by atoms with van der Waals surface area (Å²) in [4.78, 5) is 77.9. The Morgan fingerprint density at radius 2 is 1.03 bits per heavy atom. The second-order valence-corrected chi connectivity index (χ2v) is 20.5. The SMILES string of the molecule is CN[C@@H](C)C(=O)N[C@H](C(=O)N1CCC[C@H]1CN(CCc1ccc(F)cc1)C(=O)c1ccc(-c2ccc(C(=O)N(CCc3ccc(F)cc3)C[C@@H]3CCCN3C(=O)[C@@H](N)C3CCOCC3)cc2)cc1)C1CCOCC1. The van der Waals surface area contributed by atoms with Crippen molar-refractivity contribution < 1.29 is 42.2 Å². The van der Waals surface area contributed by atoms with Crippen molar-refractivity contribution in [2.45, 2.75) is 101 Å². The summed E-state index contributed by atoms with van der Waals surface area (Å²) in [6, 6.07) is 24.9. The van der Waals surface area contributed by atoms with Crippen LogP contribution < -0.4 is 16.4 Å². The predicted octanol–water partition coefficient (Wildman–Crippen LogP) is 6.26. The Balaban J connectivity index is 0.967. The maximum atomic E-state index is 14.6. The molecule has 4 aliphatic heterocycles. The lowest BCUT2D eigenvalue weighted by molar-refractivity contribution is -0.140. The summed E-state index contributed by atoms with van der Waals surface area (Å²) in [5, 5.41) is 6.02. The number of nitrogens with one attached hydrogen (secondary N) is 2. The number of likely N-dealkylation sites (N-methyl/N-ethyl adjacent to an activating group) is 1. The number of amides is 5. The zero-order valence-corrected chi connectivity index (χ0v) is 42.9. The van der Waals surface area contributed by atoms with Gasteiger partial charge in [-0.3, -0.25) is 24.0 Å². The fourth-order valence-electron chi connectivity index (χ4n) is 11.0. The first-order valence-corrected chi connectivity index (χ1v) is 26.6. The molecular formula is C58H73F2N7O7. The molecule has 4 aromatic rings. The van der Waals surface area contributed by atoms with Gasteiger partial charge in [0.1, 0.15) is 17.7 Å². The highest BCUT2D eigenvalue weighted by atomic mass is 19.1. The Morgan fingerprint density at radius 3 is 1.46 bits per heavy atom. The number of nitrogens with zero attached hydrogens (tertiary/aromatic N) is 4. The highest BCUT2D eigenvalue weighted by Gasteiger charge is 2.41. The third kappa shape index (κ3) is 13.8. The highest BCUT2D eigenvalue weighted by Crippen LogP contribution is 2.29. The van der Waals surface area contributed by atoms with Crippen LogP contribution in [0.25, 0.3) is 11.1 Å². The Labute approximate surface area is 434 Å². The first-order chi connectivity index (χ1) is 35.9. The van der Waals surface area contributed by atoms with Gasteiger partial charge < -0.3 is 45.4 Å². The van der Waals surface area contributed by atoms with Crippen molar-refractivity contribution in [1.29, 1.82) is 0 Å². The van der Waals surface area contributed by atoms with Crippen molar-refractivity contribution >= 4 is 29.5 Å². The largest absolute Gasteiger partial charge is 0.381 e. The second kappa shape index (κ2) is 25.9. The van der Waals surface area contributed by atoms with E-state index in [4.69, 9.17) is 15.2 Å². The zero-order valence-electron chi connectivity index (χ0n) is 42.9. The van der Waals surface area contributed by atoms with Gasteiger partial charge >= 0.3 is 0 Å². The molecule has 0 spiro atoms. The molecule has 74 heavy (non-hydrogen) atoms. The van der Waals surface area contributed by atoms with Crippen LogP contribution in [0.15, 0.2) is 97.1 Å². The molecule has 5 amide bonds. The molecule has 8 rings (SSSR count). The summed E-state index contributed by atoms with van der Waals surface area (Å²) in [6.45, 7) is 6.40. The number of halogens is 2. The number of hydrogen-bond donors (Lipinski definition) is 3. The molecular weight excluding hydrogens is 945 g/mol. The van der Waals surface area contributed by atoms with E-state index in [0.717, 1.165) is 54.4 Å². The Morgan fingerprint density at radius 1 is 0.608 bits per heavy atom. The maximum absolute atomic E-state index is 14.6. The van der Waals surface area contributed by atoms with Gasteiger partial charge in [0.25, 0.3) is 11.8 Å². The van der Waals surface area contributed by atoms with Gasteiger partial charge in [0.2, 0.25) is 17.7 Å². The minimum Gasteiger partial charge on any atom is -0.381 e. The first kappa shape index (κ1) is 54.2. The average molecular weight is 1020 g/mol. The summed E-state index contributed by atoms with van der Waals surface area (Å²) in [7, 11) is 1.71.